The van der Waals surface area contributed by atoms with Gasteiger partial charge in [-0.3, -0.25) is 0 Å². The van der Waals surface area contributed by atoms with Crippen LogP contribution < -0.4 is 9.47 Å². The van der Waals surface area contributed by atoms with Crippen molar-refractivity contribution in [3.63, 3.8) is 0 Å². The maximum absolute atomic E-state index is 12.7. The SMILES string of the molecule is C=CC(=O)Oc1c(C(C)c2cc(C(C)(C)CC)cc(C(C)(C)CC)c2O)cc(C(C)(C)CC)cc1C(C)(C)CC.C=CC(=O)Oc1c(Cc2cc(C)cc(C(C)(C)C)c2O)cc(C)cc1C(C)(C)C. The number of rotatable bonds is 16. The zero-order chi connectivity index (χ0) is 53.0. The Labute approximate surface area is 419 Å². The second kappa shape index (κ2) is 21.9. The first-order valence-corrected chi connectivity index (χ1v) is 25.3. The van der Waals surface area contributed by atoms with Crippen molar-refractivity contribution in [2.24, 2.45) is 0 Å². The minimum atomic E-state index is -0.482. The number of carbonyl (C=O) groups excluding carboxylic acids is 2. The van der Waals surface area contributed by atoms with Gasteiger partial charge in [-0.15, -0.1) is 0 Å². The molecular weight excluding hydrogens is 853 g/mol. The summed E-state index contributed by atoms with van der Waals surface area (Å²) in [7, 11) is 0. The largest absolute Gasteiger partial charge is 0.507 e. The van der Waals surface area contributed by atoms with Crippen LogP contribution in [0.2, 0.25) is 0 Å². The van der Waals surface area contributed by atoms with Crippen LogP contribution in [-0.4, -0.2) is 22.2 Å². The summed E-state index contributed by atoms with van der Waals surface area (Å²) in [5, 5.41) is 22.9. The van der Waals surface area contributed by atoms with Crippen LogP contribution in [0.3, 0.4) is 0 Å². The van der Waals surface area contributed by atoms with Crippen molar-refractivity contribution in [1.82, 2.24) is 0 Å². The fourth-order valence-electron chi connectivity index (χ4n) is 8.54. The van der Waals surface area contributed by atoms with Crippen molar-refractivity contribution < 1.29 is 29.3 Å². The first kappa shape index (κ1) is 58.2. The average Bonchev–Trinajstić information content (AvgIpc) is 3.26. The molecule has 0 spiro atoms. The Morgan fingerprint density at radius 3 is 1.33 bits per heavy atom. The molecular formula is C63H90O6. The van der Waals surface area contributed by atoms with E-state index < -0.39 is 11.9 Å². The molecule has 2 N–H and O–H groups in total. The molecule has 378 valence electrons. The van der Waals surface area contributed by atoms with E-state index in [0.717, 1.165) is 81.3 Å². The molecule has 0 saturated heterocycles. The number of hydrogen-bond donors (Lipinski definition) is 2. The van der Waals surface area contributed by atoms with Gasteiger partial charge in [0.05, 0.1) is 0 Å². The van der Waals surface area contributed by atoms with E-state index >= 15 is 0 Å². The van der Waals surface area contributed by atoms with Crippen molar-refractivity contribution >= 4 is 11.9 Å². The van der Waals surface area contributed by atoms with Crippen molar-refractivity contribution in [2.45, 2.75) is 216 Å². The van der Waals surface area contributed by atoms with Gasteiger partial charge in [0.1, 0.15) is 23.0 Å². The molecule has 4 aromatic carbocycles. The summed E-state index contributed by atoms with van der Waals surface area (Å²) in [5.74, 6) is 0.634. The van der Waals surface area contributed by atoms with Gasteiger partial charge in [-0.05, 0) is 99.8 Å². The Bertz CT molecular complexity index is 2510. The Morgan fingerprint density at radius 1 is 0.507 bits per heavy atom. The van der Waals surface area contributed by atoms with Crippen molar-refractivity contribution in [2.75, 3.05) is 0 Å². The van der Waals surface area contributed by atoms with E-state index in [9.17, 15) is 19.8 Å². The minimum absolute atomic E-state index is 0.0553. The Hall–Kier alpha value is -5.10. The number of phenolic OH excluding ortho intramolecular Hbond substituents is 2. The molecule has 0 radical (unpaired) electrons. The maximum Gasteiger partial charge on any atom is 0.335 e. The van der Waals surface area contributed by atoms with Crippen LogP contribution in [0, 0.1) is 13.8 Å². The van der Waals surface area contributed by atoms with Crippen molar-refractivity contribution in [3.8, 4) is 23.0 Å². The van der Waals surface area contributed by atoms with Gasteiger partial charge in [-0.2, -0.15) is 0 Å². The highest BCUT2D eigenvalue weighted by Crippen LogP contribution is 2.49. The van der Waals surface area contributed by atoms with Crippen LogP contribution in [0.1, 0.15) is 230 Å². The first-order chi connectivity index (χ1) is 31.6. The van der Waals surface area contributed by atoms with E-state index in [0.29, 0.717) is 29.4 Å². The molecule has 0 aliphatic carbocycles. The highest BCUT2D eigenvalue weighted by atomic mass is 16.5. The number of aromatic hydroxyl groups is 2. The third kappa shape index (κ3) is 13.6. The highest BCUT2D eigenvalue weighted by Gasteiger charge is 2.35. The fourth-order valence-corrected chi connectivity index (χ4v) is 8.54. The predicted molar refractivity (Wildman–Crippen MR) is 291 cm³/mol. The summed E-state index contributed by atoms with van der Waals surface area (Å²) in [5.41, 5.74) is 11.1. The fraction of sp³-hybridized carbons (Fsp3) is 0.524. The summed E-state index contributed by atoms with van der Waals surface area (Å²) in [4.78, 5) is 24.8. The van der Waals surface area contributed by atoms with Gasteiger partial charge in [0, 0.05) is 52.3 Å². The number of benzene rings is 4. The zero-order valence-electron chi connectivity index (χ0n) is 46.8. The standard InChI is InChI=1S/C37H56O3.C26H34O3/c1-15-31(38)40-33-28(21-26(35(9,10)17-3)23-30(33)37(13,14)19-5)24(6)27-20-25(34(7,8)16-2)22-29(32(27)39)36(11,12)18-4;1-10-22(27)29-24-19(12-17(3)14-21(24)26(7,8)9)15-18-11-16(2)13-20(23(18)28)25(4,5)6/h15,20-24,39H,1,16-19H2,2-14H3;10-14,28H,1,15H2,2-9H3. The van der Waals surface area contributed by atoms with E-state index in [4.69, 9.17) is 9.47 Å². The van der Waals surface area contributed by atoms with E-state index in [-0.39, 0.29) is 38.4 Å². The molecule has 0 bridgehead atoms. The van der Waals surface area contributed by atoms with Crippen LogP contribution in [0.15, 0.2) is 73.8 Å². The summed E-state index contributed by atoms with van der Waals surface area (Å²) < 4.78 is 11.8. The number of esters is 2. The zero-order valence-corrected chi connectivity index (χ0v) is 46.8. The van der Waals surface area contributed by atoms with Gasteiger partial charge in [0.15, 0.2) is 0 Å². The molecule has 1 unspecified atom stereocenters. The quantitative estimate of drug-likeness (QED) is 0.0660. The highest BCUT2D eigenvalue weighted by molar-refractivity contribution is 5.85. The van der Waals surface area contributed by atoms with Gasteiger partial charge in [0.25, 0.3) is 0 Å². The molecule has 4 aromatic rings. The molecule has 0 aliphatic heterocycles. The van der Waals surface area contributed by atoms with Crippen LogP contribution >= 0.6 is 0 Å². The first-order valence-electron chi connectivity index (χ1n) is 25.3. The van der Waals surface area contributed by atoms with Gasteiger partial charge < -0.3 is 19.7 Å². The Balaban J connectivity index is 0.000000384. The summed E-state index contributed by atoms with van der Waals surface area (Å²) in [6.07, 6.45) is 6.62. The summed E-state index contributed by atoms with van der Waals surface area (Å²) in [6, 6.07) is 17.0. The van der Waals surface area contributed by atoms with Gasteiger partial charge in [0.2, 0.25) is 0 Å². The molecule has 4 rings (SSSR count). The number of phenols is 2. The molecule has 0 heterocycles. The predicted octanol–water partition coefficient (Wildman–Crippen LogP) is 16.7. The summed E-state index contributed by atoms with van der Waals surface area (Å²) in [6.45, 7) is 52.6. The van der Waals surface area contributed by atoms with Crippen LogP contribution in [0.25, 0.3) is 0 Å². The third-order valence-corrected chi connectivity index (χ3v) is 15.1. The molecule has 0 amide bonds. The smallest absolute Gasteiger partial charge is 0.335 e. The number of ether oxygens (including phenoxy) is 2. The lowest BCUT2D eigenvalue weighted by Gasteiger charge is -2.34. The number of hydrogen-bond acceptors (Lipinski definition) is 6. The molecule has 6 heteroatoms. The average molecular weight is 943 g/mol. The molecule has 69 heavy (non-hydrogen) atoms. The molecule has 0 aliphatic rings. The lowest BCUT2D eigenvalue weighted by molar-refractivity contribution is -0.130. The van der Waals surface area contributed by atoms with E-state index in [2.05, 4.69) is 175 Å². The van der Waals surface area contributed by atoms with E-state index in [1.165, 1.54) is 23.3 Å². The number of carbonyl (C=O) groups is 2. The topological polar surface area (TPSA) is 93.1 Å². The molecule has 0 fully saturated rings. The Morgan fingerprint density at radius 2 is 0.899 bits per heavy atom. The maximum atomic E-state index is 12.7. The van der Waals surface area contributed by atoms with Crippen LogP contribution in [-0.2, 0) is 48.5 Å². The van der Waals surface area contributed by atoms with Crippen molar-refractivity contribution in [1.29, 1.82) is 0 Å². The number of aryl methyl sites for hydroxylation is 2. The summed E-state index contributed by atoms with van der Waals surface area (Å²) >= 11 is 0. The van der Waals surface area contributed by atoms with Gasteiger partial charge in [-0.1, -0.05) is 204 Å². The van der Waals surface area contributed by atoms with Crippen LogP contribution in [0.5, 0.6) is 23.0 Å². The normalized spacial score (nSPS) is 13.0. The minimum Gasteiger partial charge on any atom is -0.507 e. The third-order valence-electron chi connectivity index (χ3n) is 15.1. The van der Waals surface area contributed by atoms with Crippen molar-refractivity contribution in [3.05, 3.63) is 141 Å². The van der Waals surface area contributed by atoms with Gasteiger partial charge >= 0.3 is 11.9 Å². The van der Waals surface area contributed by atoms with Crippen LogP contribution in [0.4, 0.5) is 0 Å². The molecule has 1 atom stereocenters. The van der Waals surface area contributed by atoms with E-state index in [1.54, 1.807) is 0 Å². The Kier molecular flexibility index (Phi) is 18.5. The second-order valence-electron chi connectivity index (χ2n) is 24.1. The lowest BCUT2D eigenvalue weighted by atomic mass is 9.71. The molecule has 6 nitrogen and oxygen atoms in total. The lowest BCUT2D eigenvalue weighted by Crippen LogP contribution is -2.24. The second-order valence-corrected chi connectivity index (χ2v) is 24.1. The van der Waals surface area contributed by atoms with Gasteiger partial charge in [-0.25, -0.2) is 9.59 Å². The monoisotopic (exact) mass is 943 g/mol. The van der Waals surface area contributed by atoms with E-state index in [1.807, 2.05) is 32.0 Å². The molecule has 0 saturated carbocycles. The molecule has 0 aromatic heterocycles.